The van der Waals surface area contributed by atoms with Crippen LogP contribution in [0.25, 0.3) is 0 Å². The van der Waals surface area contributed by atoms with Crippen LogP contribution in [0.5, 0.6) is 0 Å². The zero-order valence-corrected chi connectivity index (χ0v) is 12.8. The van der Waals surface area contributed by atoms with Crippen molar-refractivity contribution in [3.05, 3.63) is 77.6 Å². The van der Waals surface area contributed by atoms with Gasteiger partial charge in [0, 0.05) is 7.05 Å². The molecule has 1 heterocycles. The third kappa shape index (κ3) is 3.60. The number of nitrogens with zero attached hydrogens (tertiary/aromatic N) is 4. The van der Waals surface area contributed by atoms with Crippen molar-refractivity contribution in [1.29, 1.82) is 0 Å². The molecule has 0 spiro atoms. The first kappa shape index (κ1) is 14.9. The second-order valence-electron chi connectivity index (χ2n) is 5.22. The van der Waals surface area contributed by atoms with E-state index >= 15 is 0 Å². The molecule has 23 heavy (non-hydrogen) atoms. The Morgan fingerprint density at radius 1 is 1.04 bits per heavy atom. The lowest BCUT2D eigenvalue weighted by Gasteiger charge is -2.19. The fraction of sp³-hybridized carbons (Fsp3) is 0.176. The molecule has 3 rings (SSSR count). The quantitative estimate of drug-likeness (QED) is 0.778. The molecule has 2 aromatic carbocycles. The molecule has 0 aliphatic rings. The van der Waals surface area contributed by atoms with Crippen LogP contribution in [0.4, 0.5) is 0 Å². The topological polar surface area (TPSA) is 72.7 Å². The Morgan fingerprint density at radius 3 is 2.09 bits per heavy atom. The second-order valence-corrected chi connectivity index (χ2v) is 5.22. The van der Waals surface area contributed by atoms with E-state index in [0.717, 1.165) is 11.1 Å². The molecular formula is C17H17N5O. The summed E-state index contributed by atoms with van der Waals surface area (Å²) >= 11 is 0. The maximum atomic E-state index is 12.4. The van der Waals surface area contributed by atoms with E-state index in [1.165, 1.54) is 4.68 Å². The van der Waals surface area contributed by atoms with Crippen molar-refractivity contribution in [3.63, 3.8) is 0 Å². The molecule has 0 unspecified atom stereocenters. The van der Waals surface area contributed by atoms with E-state index in [9.17, 15) is 4.79 Å². The second kappa shape index (κ2) is 6.83. The maximum Gasteiger partial charge on any atom is 0.228 e. The molecule has 0 radical (unpaired) electrons. The molecule has 6 nitrogen and oxygen atoms in total. The minimum absolute atomic E-state index is 0.124. The third-order valence-corrected chi connectivity index (χ3v) is 3.60. The van der Waals surface area contributed by atoms with E-state index in [4.69, 9.17) is 0 Å². The molecule has 0 aliphatic heterocycles. The molecule has 3 aromatic rings. The van der Waals surface area contributed by atoms with E-state index in [1.807, 2.05) is 60.7 Å². The number of benzene rings is 2. The number of hydrogen-bond donors (Lipinski definition) is 1. The number of amides is 1. The summed E-state index contributed by atoms with van der Waals surface area (Å²) in [6.45, 7) is 0. The van der Waals surface area contributed by atoms with Crippen molar-refractivity contribution in [2.75, 3.05) is 0 Å². The van der Waals surface area contributed by atoms with Crippen molar-refractivity contribution < 1.29 is 4.79 Å². The Bertz CT molecular complexity index is 730. The molecule has 0 aliphatic carbocycles. The number of nitrogens with one attached hydrogen (secondary N) is 1. The van der Waals surface area contributed by atoms with Crippen LogP contribution in [0.1, 0.15) is 23.0 Å². The molecule has 1 aromatic heterocycles. The van der Waals surface area contributed by atoms with Gasteiger partial charge >= 0.3 is 0 Å². The smallest absolute Gasteiger partial charge is 0.228 e. The number of carbonyl (C=O) groups excluding carboxylic acids is 1. The lowest BCUT2D eigenvalue weighted by Crippen LogP contribution is -2.31. The van der Waals surface area contributed by atoms with Crippen LogP contribution >= 0.6 is 0 Å². The van der Waals surface area contributed by atoms with Crippen molar-refractivity contribution >= 4 is 5.91 Å². The zero-order valence-electron chi connectivity index (χ0n) is 12.8. The molecule has 0 saturated carbocycles. The Hall–Kier alpha value is -3.02. The predicted octanol–water partition coefficient (Wildman–Crippen LogP) is 1.66. The highest BCUT2D eigenvalue weighted by Crippen LogP contribution is 2.21. The number of carbonyl (C=O) groups is 1. The van der Waals surface area contributed by atoms with Gasteiger partial charge in [0.15, 0.2) is 5.82 Å². The molecule has 1 amide bonds. The van der Waals surface area contributed by atoms with Gasteiger partial charge in [-0.05, 0) is 21.6 Å². The van der Waals surface area contributed by atoms with Crippen molar-refractivity contribution in [3.8, 4) is 0 Å². The predicted molar refractivity (Wildman–Crippen MR) is 85.4 cm³/mol. The lowest BCUT2D eigenvalue weighted by atomic mass is 9.98. The van der Waals surface area contributed by atoms with Crippen LogP contribution in [0.2, 0.25) is 0 Å². The van der Waals surface area contributed by atoms with Crippen molar-refractivity contribution in [2.24, 2.45) is 7.05 Å². The van der Waals surface area contributed by atoms with Crippen LogP contribution in [-0.4, -0.2) is 26.1 Å². The SMILES string of the molecule is Cn1nnnc1CC(=O)NC(c1ccccc1)c1ccccc1. The maximum absolute atomic E-state index is 12.4. The van der Waals surface area contributed by atoms with E-state index in [1.54, 1.807) is 7.05 Å². The third-order valence-electron chi connectivity index (χ3n) is 3.60. The Kier molecular flexibility index (Phi) is 4.42. The molecular weight excluding hydrogens is 290 g/mol. The summed E-state index contributed by atoms with van der Waals surface area (Å²) in [5, 5.41) is 14.2. The standard InChI is InChI=1S/C17H17N5O/c1-22-15(19-20-21-22)12-16(23)18-17(13-8-4-2-5-9-13)14-10-6-3-7-11-14/h2-11,17H,12H2,1H3,(H,18,23). The van der Waals surface area contributed by atoms with Crippen LogP contribution in [-0.2, 0) is 18.3 Å². The number of aromatic nitrogens is 4. The number of tetrazole rings is 1. The first-order chi connectivity index (χ1) is 11.2. The molecule has 6 heteroatoms. The van der Waals surface area contributed by atoms with Gasteiger partial charge in [-0.2, -0.15) is 0 Å². The Labute approximate surface area is 134 Å². The fourth-order valence-electron chi connectivity index (χ4n) is 2.40. The van der Waals surface area contributed by atoms with Gasteiger partial charge in [-0.15, -0.1) is 5.10 Å². The van der Waals surface area contributed by atoms with Crippen molar-refractivity contribution in [2.45, 2.75) is 12.5 Å². The van der Waals surface area contributed by atoms with Gasteiger partial charge < -0.3 is 5.32 Å². The summed E-state index contributed by atoms with van der Waals surface area (Å²) in [5.41, 5.74) is 2.06. The first-order valence-corrected chi connectivity index (χ1v) is 7.34. The van der Waals surface area contributed by atoms with Crippen LogP contribution in [0.15, 0.2) is 60.7 Å². The first-order valence-electron chi connectivity index (χ1n) is 7.34. The molecule has 0 saturated heterocycles. The van der Waals surface area contributed by atoms with Crippen molar-refractivity contribution in [1.82, 2.24) is 25.5 Å². The van der Waals surface area contributed by atoms with E-state index in [-0.39, 0.29) is 18.4 Å². The van der Waals surface area contributed by atoms with Gasteiger partial charge in [0.05, 0.1) is 12.5 Å². The summed E-state index contributed by atoms with van der Waals surface area (Å²) in [6.07, 6.45) is 0.139. The van der Waals surface area contributed by atoms with Gasteiger partial charge in [-0.1, -0.05) is 60.7 Å². The van der Waals surface area contributed by atoms with E-state index in [0.29, 0.717) is 5.82 Å². The highest BCUT2D eigenvalue weighted by Gasteiger charge is 2.18. The lowest BCUT2D eigenvalue weighted by molar-refractivity contribution is -0.121. The van der Waals surface area contributed by atoms with Gasteiger partial charge in [0.2, 0.25) is 5.91 Å². The minimum atomic E-state index is -0.203. The monoisotopic (exact) mass is 307 g/mol. The molecule has 0 fully saturated rings. The molecule has 1 N–H and O–H groups in total. The van der Waals surface area contributed by atoms with Crippen LogP contribution in [0, 0.1) is 0 Å². The average molecular weight is 307 g/mol. The molecule has 116 valence electrons. The van der Waals surface area contributed by atoms with Crippen LogP contribution < -0.4 is 5.32 Å². The average Bonchev–Trinajstić information content (AvgIpc) is 2.99. The molecule has 0 bridgehead atoms. The Morgan fingerprint density at radius 2 is 1.61 bits per heavy atom. The largest absolute Gasteiger partial charge is 0.345 e. The number of aryl methyl sites for hydroxylation is 1. The van der Waals surface area contributed by atoms with E-state index < -0.39 is 0 Å². The minimum Gasteiger partial charge on any atom is -0.345 e. The highest BCUT2D eigenvalue weighted by atomic mass is 16.1. The number of hydrogen-bond acceptors (Lipinski definition) is 4. The summed E-state index contributed by atoms with van der Waals surface area (Å²) in [7, 11) is 1.72. The van der Waals surface area contributed by atoms with E-state index in [2.05, 4.69) is 20.8 Å². The fourth-order valence-corrected chi connectivity index (χ4v) is 2.40. The molecule has 0 atom stereocenters. The van der Waals surface area contributed by atoms with Gasteiger partial charge in [-0.3, -0.25) is 4.79 Å². The van der Waals surface area contributed by atoms with Gasteiger partial charge in [-0.25, -0.2) is 4.68 Å². The van der Waals surface area contributed by atoms with Crippen LogP contribution in [0.3, 0.4) is 0 Å². The van der Waals surface area contributed by atoms with Gasteiger partial charge in [0.1, 0.15) is 0 Å². The Balaban J connectivity index is 1.82. The summed E-state index contributed by atoms with van der Waals surface area (Å²) in [5.74, 6) is 0.406. The summed E-state index contributed by atoms with van der Waals surface area (Å²) in [4.78, 5) is 12.4. The zero-order chi connectivity index (χ0) is 16.1. The summed E-state index contributed by atoms with van der Waals surface area (Å²) < 4.78 is 1.50. The number of rotatable bonds is 5. The highest BCUT2D eigenvalue weighted by molar-refractivity contribution is 5.78. The normalized spacial score (nSPS) is 10.7. The van der Waals surface area contributed by atoms with Gasteiger partial charge in [0.25, 0.3) is 0 Å². The summed E-state index contributed by atoms with van der Waals surface area (Å²) in [6, 6.07) is 19.6.